The summed E-state index contributed by atoms with van der Waals surface area (Å²) in [7, 11) is 0. The van der Waals surface area contributed by atoms with Gasteiger partial charge in [0.05, 0.1) is 17.6 Å². The van der Waals surface area contributed by atoms with Crippen molar-refractivity contribution < 1.29 is 0 Å². The molecule has 0 radical (unpaired) electrons. The van der Waals surface area contributed by atoms with E-state index in [4.69, 9.17) is 23.2 Å². The average molecular weight is 319 g/mol. The molecule has 0 spiro atoms. The fourth-order valence-corrected chi connectivity index (χ4v) is 2.64. The number of benzene rings is 1. The Labute approximate surface area is 135 Å². The number of rotatable bonds is 4. The minimum Gasteiger partial charge on any atom is -0.233 e. The molecular weight excluding hydrogens is 303 g/mol. The lowest BCUT2D eigenvalue weighted by atomic mass is 10.1. The van der Waals surface area contributed by atoms with Crippen LogP contribution >= 0.6 is 23.2 Å². The first-order valence-electron chi connectivity index (χ1n) is 6.43. The number of aromatic nitrogens is 2. The zero-order valence-electron chi connectivity index (χ0n) is 12.0. The summed E-state index contributed by atoms with van der Waals surface area (Å²) in [4.78, 5) is 0. The molecule has 2 rings (SSSR count). The second-order valence-corrected chi connectivity index (χ2v) is 5.74. The van der Waals surface area contributed by atoms with Crippen molar-refractivity contribution in [3.63, 3.8) is 0 Å². The summed E-state index contributed by atoms with van der Waals surface area (Å²) in [6, 6.07) is 5.34. The highest BCUT2D eigenvalue weighted by Gasteiger charge is 2.13. The molecule has 0 bridgehead atoms. The summed E-state index contributed by atoms with van der Waals surface area (Å²) in [6.45, 7) is 11.7. The van der Waals surface area contributed by atoms with Crippen LogP contribution in [0.1, 0.15) is 18.2 Å². The first-order valence-corrected chi connectivity index (χ1v) is 7.19. The number of halogens is 2. The number of nitrogens with zero attached hydrogens (tertiary/aromatic N) is 2. The number of allylic oxidation sites excluding steroid dienone is 4. The molecule has 108 valence electrons. The third-order valence-corrected chi connectivity index (χ3v) is 3.38. The monoisotopic (exact) mass is 318 g/mol. The van der Waals surface area contributed by atoms with Gasteiger partial charge in [-0.15, -0.1) is 0 Å². The van der Waals surface area contributed by atoms with Crippen LogP contribution in [-0.4, -0.2) is 9.78 Å². The van der Waals surface area contributed by atoms with Crippen LogP contribution in [-0.2, 0) is 0 Å². The van der Waals surface area contributed by atoms with E-state index >= 15 is 0 Å². The Hall–Kier alpha value is -1.77. The van der Waals surface area contributed by atoms with E-state index in [2.05, 4.69) is 18.3 Å². The maximum Gasteiger partial charge on any atom is 0.0769 e. The summed E-state index contributed by atoms with van der Waals surface area (Å²) < 4.78 is 1.81. The molecule has 0 saturated heterocycles. The molecule has 2 aromatic rings. The lowest BCUT2D eigenvalue weighted by Gasteiger charge is -2.11. The molecule has 1 heterocycles. The molecule has 0 aliphatic rings. The molecule has 4 heteroatoms. The van der Waals surface area contributed by atoms with Crippen molar-refractivity contribution in [3.05, 3.63) is 76.6 Å². The molecule has 0 amide bonds. The van der Waals surface area contributed by atoms with E-state index in [0.717, 1.165) is 28.1 Å². The predicted octanol–water partition coefficient (Wildman–Crippen LogP) is 5.63. The molecule has 0 atom stereocenters. The van der Waals surface area contributed by atoms with Crippen LogP contribution in [0.4, 0.5) is 0 Å². The van der Waals surface area contributed by atoms with Crippen molar-refractivity contribution in [2.24, 2.45) is 0 Å². The molecule has 1 aromatic carbocycles. The molecule has 2 nitrogen and oxygen atoms in total. The Morgan fingerprint density at radius 2 is 1.86 bits per heavy atom. The van der Waals surface area contributed by atoms with Gasteiger partial charge < -0.3 is 0 Å². The zero-order valence-corrected chi connectivity index (χ0v) is 13.5. The molecule has 0 N–H and O–H groups in total. The smallest absolute Gasteiger partial charge is 0.0769 e. The van der Waals surface area contributed by atoms with E-state index in [9.17, 15) is 0 Å². The Morgan fingerprint density at radius 3 is 2.38 bits per heavy atom. The summed E-state index contributed by atoms with van der Waals surface area (Å²) in [5, 5.41) is 5.57. The summed E-state index contributed by atoms with van der Waals surface area (Å²) in [5.74, 6) is 0. The van der Waals surface area contributed by atoms with E-state index in [1.165, 1.54) is 0 Å². The molecule has 21 heavy (non-hydrogen) atoms. The molecule has 1 aromatic heterocycles. The SMILES string of the molecule is C=C/C(=C\C(=C)C)c1c(C)cnn1-c1cc(Cl)cc(Cl)c1. The molecule has 0 fully saturated rings. The van der Waals surface area contributed by atoms with Gasteiger partial charge in [0.2, 0.25) is 0 Å². The molecule has 0 saturated carbocycles. The minimum atomic E-state index is 0.570. The highest BCUT2D eigenvalue weighted by molar-refractivity contribution is 6.34. The van der Waals surface area contributed by atoms with Crippen LogP contribution in [0, 0.1) is 6.92 Å². The normalized spacial score (nSPS) is 11.5. The van der Waals surface area contributed by atoms with Crippen LogP contribution in [0.2, 0.25) is 10.0 Å². The van der Waals surface area contributed by atoms with E-state index in [0.29, 0.717) is 10.0 Å². The third-order valence-electron chi connectivity index (χ3n) is 2.94. The van der Waals surface area contributed by atoms with Crippen LogP contribution in [0.25, 0.3) is 11.3 Å². The van der Waals surface area contributed by atoms with Gasteiger partial charge in [0, 0.05) is 15.6 Å². The molecule has 0 unspecified atom stereocenters. The van der Waals surface area contributed by atoms with Crippen molar-refractivity contribution in [2.45, 2.75) is 13.8 Å². The first kappa shape index (κ1) is 15.6. The van der Waals surface area contributed by atoms with Crippen LogP contribution in [0.5, 0.6) is 0 Å². The van der Waals surface area contributed by atoms with E-state index < -0.39 is 0 Å². The topological polar surface area (TPSA) is 17.8 Å². The maximum absolute atomic E-state index is 6.08. The quantitative estimate of drug-likeness (QED) is 0.668. The summed E-state index contributed by atoms with van der Waals surface area (Å²) in [6.07, 6.45) is 5.57. The third kappa shape index (κ3) is 3.46. The van der Waals surface area contributed by atoms with Crippen molar-refractivity contribution in [2.75, 3.05) is 0 Å². The lowest BCUT2D eigenvalue weighted by Crippen LogP contribution is -2.02. The van der Waals surface area contributed by atoms with Crippen molar-refractivity contribution in [1.29, 1.82) is 0 Å². The number of hydrogen-bond donors (Lipinski definition) is 0. The highest BCUT2D eigenvalue weighted by atomic mass is 35.5. The van der Waals surface area contributed by atoms with Gasteiger partial charge in [-0.1, -0.05) is 54.1 Å². The van der Waals surface area contributed by atoms with Gasteiger partial charge in [-0.3, -0.25) is 0 Å². The van der Waals surface area contributed by atoms with Crippen LogP contribution < -0.4 is 0 Å². The molecule has 0 aliphatic heterocycles. The standard InChI is InChI=1S/C17H16Cl2N2/c1-5-13(6-11(2)3)17-12(4)10-20-21(17)16-8-14(18)7-15(19)9-16/h5-10H,1-2H2,3-4H3/b13-6+. The predicted molar refractivity (Wildman–Crippen MR) is 91.3 cm³/mol. The Balaban J connectivity index is 2.67. The van der Waals surface area contributed by atoms with E-state index in [1.807, 2.05) is 36.7 Å². The maximum atomic E-state index is 6.08. The number of hydrogen-bond acceptors (Lipinski definition) is 1. The second-order valence-electron chi connectivity index (χ2n) is 4.87. The Morgan fingerprint density at radius 1 is 1.24 bits per heavy atom. The van der Waals surface area contributed by atoms with Crippen molar-refractivity contribution in [3.8, 4) is 5.69 Å². The van der Waals surface area contributed by atoms with E-state index in [1.54, 1.807) is 18.3 Å². The Kier molecular flexibility index (Phi) is 4.71. The highest BCUT2D eigenvalue weighted by Crippen LogP contribution is 2.27. The van der Waals surface area contributed by atoms with Gasteiger partial charge in [0.25, 0.3) is 0 Å². The molecular formula is C17H16Cl2N2. The van der Waals surface area contributed by atoms with Gasteiger partial charge in [0.15, 0.2) is 0 Å². The fourth-order valence-electron chi connectivity index (χ4n) is 2.13. The average Bonchev–Trinajstić information content (AvgIpc) is 2.76. The summed E-state index contributed by atoms with van der Waals surface area (Å²) >= 11 is 12.2. The van der Waals surface area contributed by atoms with Gasteiger partial charge in [0.1, 0.15) is 0 Å². The fraction of sp³-hybridized carbons (Fsp3) is 0.118. The minimum absolute atomic E-state index is 0.570. The van der Waals surface area contributed by atoms with Crippen molar-refractivity contribution in [1.82, 2.24) is 9.78 Å². The Bertz CT molecular complexity index is 719. The van der Waals surface area contributed by atoms with Gasteiger partial charge in [-0.05, 0) is 37.6 Å². The van der Waals surface area contributed by atoms with Gasteiger partial charge in [-0.25, -0.2) is 4.68 Å². The largest absolute Gasteiger partial charge is 0.233 e. The number of aryl methyl sites for hydroxylation is 1. The molecule has 0 aliphatic carbocycles. The van der Waals surface area contributed by atoms with Crippen LogP contribution in [0.3, 0.4) is 0 Å². The second kappa shape index (κ2) is 6.33. The van der Waals surface area contributed by atoms with Gasteiger partial charge >= 0.3 is 0 Å². The van der Waals surface area contributed by atoms with Gasteiger partial charge in [-0.2, -0.15) is 5.10 Å². The van der Waals surface area contributed by atoms with Crippen LogP contribution in [0.15, 0.2) is 55.3 Å². The lowest BCUT2D eigenvalue weighted by molar-refractivity contribution is 0.867. The van der Waals surface area contributed by atoms with Crippen molar-refractivity contribution >= 4 is 28.8 Å². The summed E-state index contributed by atoms with van der Waals surface area (Å²) in [5.41, 5.74) is 4.70. The van der Waals surface area contributed by atoms with E-state index in [-0.39, 0.29) is 0 Å². The zero-order chi connectivity index (χ0) is 15.6. The first-order chi connectivity index (χ1) is 9.92.